The summed E-state index contributed by atoms with van der Waals surface area (Å²) in [5.74, 6) is -0.380. The molecule has 1 fully saturated rings. The number of rotatable bonds is 6. The molecule has 1 aliphatic heterocycles. The third-order valence-electron chi connectivity index (χ3n) is 3.97. The topological polar surface area (TPSA) is 90.7 Å². The maximum Gasteiger partial charge on any atom is 0.306 e. The van der Waals surface area contributed by atoms with Crippen LogP contribution in [0.1, 0.15) is 31.7 Å². The van der Waals surface area contributed by atoms with Crippen LogP contribution in [-0.2, 0) is 25.5 Å². The molecule has 0 bridgehead atoms. The molecule has 0 atom stereocenters. The highest BCUT2D eigenvalue weighted by molar-refractivity contribution is 5.98. The van der Waals surface area contributed by atoms with Crippen molar-refractivity contribution in [3.05, 3.63) is 29.8 Å². The monoisotopic (exact) mass is 320 g/mol. The summed E-state index contributed by atoms with van der Waals surface area (Å²) in [5, 5.41) is 2.85. The average molecular weight is 320 g/mol. The lowest BCUT2D eigenvalue weighted by molar-refractivity contribution is -0.143. The summed E-state index contributed by atoms with van der Waals surface area (Å²) in [4.78, 5) is 23.6. The highest BCUT2D eigenvalue weighted by Crippen LogP contribution is 2.20. The lowest BCUT2D eigenvalue weighted by Gasteiger charge is -2.31. The largest absolute Gasteiger partial charge is 0.466 e. The summed E-state index contributed by atoms with van der Waals surface area (Å²) in [5.41, 5.74) is 7.00. The number of aryl methyl sites for hydroxylation is 1. The molecular formula is C17H24N2O4. The van der Waals surface area contributed by atoms with Crippen LogP contribution >= 0.6 is 0 Å². The number of esters is 1. The molecule has 0 radical (unpaired) electrons. The quantitative estimate of drug-likeness (QED) is 0.777. The van der Waals surface area contributed by atoms with Gasteiger partial charge in [0, 0.05) is 25.3 Å². The molecule has 0 aromatic heterocycles. The molecule has 0 aliphatic carbocycles. The molecule has 3 N–H and O–H groups in total. The predicted molar refractivity (Wildman–Crippen MR) is 87.0 cm³/mol. The number of benzene rings is 1. The van der Waals surface area contributed by atoms with E-state index in [1.165, 1.54) is 0 Å². The Bertz CT molecular complexity index is 536. The summed E-state index contributed by atoms with van der Waals surface area (Å²) < 4.78 is 10.1. The molecular weight excluding hydrogens is 296 g/mol. The minimum Gasteiger partial charge on any atom is -0.466 e. The van der Waals surface area contributed by atoms with Crippen molar-refractivity contribution in [2.45, 2.75) is 38.1 Å². The van der Waals surface area contributed by atoms with Gasteiger partial charge < -0.3 is 20.5 Å². The molecule has 1 saturated heterocycles. The summed E-state index contributed by atoms with van der Waals surface area (Å²) in [7, 11) is 0. The van der Waals surface area contributed by atoms with Crippen molar-refractivity contribution < 1.29 is 19.1 Å². The first-order valence-electron chi connectivity index (χ1n) is 7.96. The number of ether oxygens (including phenoxy) is 2. The number of amides is 1. The van der Waals surface area contributed by atoms with Crippen molar-refractivity contribution >= 4 is 17.6 Å². The predicted octanol–water partition coefficient (Wildman–Crippen LogP) is 1.63. The number of hydrogen-bond acceptors (Lipinski definition) is 5. The Morgan fingerprint density at radius 2 is 1.91 bits per heavy atom. The van der Waals surface area contributed by atoms with Gasteiger partial charge in [-0.15, -0.1) is 0 Å². The molecule has 1 aliphatic rings. The van der Waals surface area contributed by atoms with Crippen molar-refractivity contribution in [1.29, 1.82) is 0 Å². The normalized spacial score (nSPS) is 16.6. The number of hydrogen-bond donors (Lipinski definition) is 2. The van der Waals surface area contributed by atoms with E-state index >= 15 is 0 Å². The summed E-state index contributed by atoms with van der Waals surface area (Å²) in [6.45, 7) is 3.21. The summed E-state index contributed by atoms with van der Waals surface area (Å²) in [6.07, 6.45) is 2.02. The highest BCUT2D eigenvalue weighted by atomic mass is 16.5. The van der Waals surface area contributed by atoms with Gasteiger partial charge in [-0.25, -0.2) is 0 Å². The smallest absolute Gasteiger partial charge is 0.306 e. The van der Waals surface area contributed by atoms with E-state index in [9.17, 15) is 9.59 Å². The zero-order chi connectivity index (χ0) is 16.7. The highest BCUT2D eigenvalue weighted by Gasteiger charge is 2.35. The molecule has 6 nitrogen and oxygen atoms in total. The van der Waals surface area contributed by atoms with Gasteiger partial charge in [-0.2, -0.15) is 0 Å². The number of nitrogens with two attached hydrogens (primary N) is 1. The van der Waals surface area contributed by atoms with Gasteiger partial charge in [-0.3, -0.25) is 9.59 Å². The Hall–Kier alpha value is -1.92. The second kappa shape index (κ2) is 8.08. The number of nitrogens with one attached hydrogen (secondary N) is 1. The lowest BCUT2D eigenvalue weighted by Crippen LogP contribution is -2.54. The minimum absolute atomic E-state index is 0.180. The van der Waals surface area contributed by atoms with Crippen molar-refractivity contribution in [2.75, 3.05) is 25.1 Å². The van der Waals surface area contributed by atoms with Crippen molar-refractivity contribution in [3.8, 4) is 0 Å². The third-order valence-corrected chi connectivity index (χ3v) is 3.97. The Kier molecular flexibility index (Phi) is 6.12. The Morgan fingerprint density at radius 1 is 1.26 bits per heavy atom. The van der Waals surface area contributed by atoms with E-state index in [0.29, 0.717) is 51.2 Å². The van der Waals surface area contributed by atoms with Crippen LogP contribution < -0.4 is 11.1 Å². The van der Waals surface area contributed by atoms with Crippen LogP contribution in [0.15, 0.2) is 24.3 Å². The molecule has 23 heavy (non-hydrogen) atoms. The molecule has 126 valence electrons. The van der Waals surface area contributed by atoms with Crippen LogP contribution in [0.5, 0.6) is 0 Å². The number of anilines is 1. The average Bonchev–Trinajstić information content (AvgIpc) is 2.55. The van der Waals surface area contributed by atoms with Gasteiger partial charge in [0.05, 0.1) is 6.61 Å². The second-order valence-corrected chi connectivity index (χ2v) is 5.72. The van der Waals surface area contributed by atoms with Crippen molar-refractivity contribution in [2.24, 2.45) is 5.73 Å². The van der Waals surface area contributed by atoms with Crippen LogP contribution in [0.3, 0.4) is 0 Å². The molecule has 0 saturated carbocycles. The van der Waals surface area contributed by atoms with Gasteiger partial charge >= 0.3 is 5.97 Å². The third kappa shape index (κ3) is 5.04. The van der Waals surface area contributed by atoms with Gasteiger partial charge in [-0.05, 0) is 43.9 Å². The lowest BCUT2D eigenvalue weighted by atomic mass is 9.90. The minimum atomic E-state index is -0.860. The number of carbonyl (C=O) groups is 2. The molecule has 1 aromatic carbocycles. The standard InChI is InChI=1S/C17H24N2O4/c1-2-23-15(20)8-5-13-3-6-14(7-4-13)19-16(21)17(18)9-11-22-12-10-17/h3-4,6-7H,2,5,8-12,18H2,1H3,(H,19,21). The first-order chi connectivity index (χ1) is 11.0. The van der Waals surface area contributed by atoms with E-state index in [1.807, 2.05) is 24.3 Å². The molecule has 1 amide bonds. The van der Waals surface area contributed by atoms with Gasteiger partial charge in [0.2, 0.25) is 5.91 Å². The SMILES string of the molecule is CCOC(=O)CCc1ccc(NC(=O)C2(N)CCOCC2)cc1. The van der Waals surface area contributed by atoms with Crippen LogP contribution in [0.2, 0.25) is 0 Å². The van der Waals surface area contributed by atoms with Gasteiger partial charge in [0.25, 0.3) is 0 Å². The van der Waals surface area contributed by atoms with E-state index < -0.39 is 5.54 Å². The fraction of sp³-hybridized carbons (Fsp3) is 0.529. The molecule has 6 heteroatoms. The summed E-state index contributed by atoms with van der Waals surface area (Å²) in [6, 6.07) is 7.42. The van der Waals surface area contributed by atoms with Gasteiger partial charge in [0.1, 0.15) is 5.54 Å². The molecule has 0 spiro atoms. The van der Waals surface area contributed by atoms with E-state index in [1.54, 1.807) is 6.92 Å². The van der Waals surface area contributed by atoms with Crippen LogP contribution in [0.4, 0.5) is 5.69 Å². The summed E-state index contributed by atoms with van der Waals surface area (Å²) >= 11 is 0. The Balaban J connectivity index is 1.87. The Labute approximate surface area is 136 Å². The maximum atomic E-state index is 12.3. The first kappa shape index (κ1) is 17.4. The molecule has 0 unspecified atom stereocenters. The second-order valence-electron chi connectivity index (χ2n) is 5.72. The van der Waals surface area contributed by atoms with E-state index in [4.69, 9.17) is 15.2 Å². The fourth-order valence-electron chi connectivity index (χ4n) is 2.45. The molecule has 1 heterocycles. The van der Waals surface area contributed by atoms with Gasteiger partial charge in [0.15, 0.2) is 0 Å². The van der Waals surface area contributed by atoms with Crippen molar-refractivity contribution in [1.82, 2.24) is 0 Å². The zero-order valence-corrected chi connectivity index (χ0v) is 13.5. The number of carbonyl (C=O) groups excluding carboxylic acids is 2. The molecule has 1 aromatic rings. The van der Waals surface area contributed by atoms with Crippen LogP contribution in [0, 0.1) is 0 Å². The van der Waals surface area contributed by atoms with E-state index in [2.05, 4.69) is 5.32 Å². The molecule has 2 rings (SSSR count). The van der Waals surface area contributed by atoms with Crippen LogP contribution in [0.25, 0.3) is 0 Å². The first-order valence-corrected chi connectivity index (χ1v) is 7.96. The maximum absolute atomic E-state index is 12.3. The Morgan fingerprint density at radius 3 is 2.52 bits per heavy atom. The fourth-order valence-corrected chi connectivity index (χ4v) is 2.45. The zero-order valence-electron chi connectivity index (χ0n) is 13.5. The van der Waals surface area contributed by atoms with E-state index in [-0.39, 0.29) is 11.9 Å². The van der Waals surface area contributed by atoms with Crippen molar-refractivity contribution in [3.63, 3.8) is 0 Å². The van der Waals surface area contributed by atoms with E-state index in [0.717, 1.165) is 5.56 Å². The van der Waals surface area contributed by atoms with Gasteiger partial charge in [-0.1, -0.05) is 12.1 Å². The van der Waals surface area contributed by atoms with Crippen LogP contribution in [-0.4, -0.2) is 37.2 Å².